The van der Waals surface area contributed by atoms with E-state index < -0.39 is 5.60 Å². The molecule has 0 bridgehead atoms. The van der Waals surface area contributed by atoms with E-state index in [9.17, 15) is 9.90 Å². The number of nitrogens with zero attached hydrogens (tertiary/aromatic N) is 1. The van der Waals surface area contributed by atoms with Crippen LogP contribution in [0.5, 0.6) is 0 Å². The van der Waals surface area contributed by atoms with E-state index in [1.807, 2.05) is 20.8 Å². The van der Waals surface area contributed by atoms with Crippen molar-refractivity contribution in [2.45, 2.75) is 71.0 Å². The zero-order valence-corrected chi connectivity index (χ0v) is 13.1. The summed E-state index contributed by atoms with van der Waals surface area (Å²) in [4.78, 5) is 13.8. The Morgan fingerprint density at radius 1 is 1.15 bits per heavy atom. The number of hydrogen-bond donors (Lipinski definition) is 1. The number of aliphatic hydroxyl groups is 1. The molecule has 1 unspecified atom stereocenters. The van der Waals surface area contributed by atoms with Gasteiger partial charge in [-0.2, -0.15) is 0 Å². The second kappa shape index (κ2) is 6.33. The summed E-state index contributed by atoms with van der Waals surface area (Å²) < 4.78 is 5.40. The molecule has 1 N–H and O–H groups in total. The van der Waals surface area contributed by atoms with Crippen LogP contribution in [-0.2, 0) is 4.74 Å². The van der Waals surface area contributed by atoms with Crippen molar-refractivity contribution in [1.82, 2.24) is 4.90 Å². The first-order valence-electron chi connectivity index (χ1n) is 8.03. The summed E-state index contributed by atoms with van der Waals surface area (Å²) in [5.74, 6) is 0.665. The zero-order valence-electron chi connectivity index (χ0n) is 13.1. The van der Waals surface area contributed by atoms with Gasteiger partial charge < -0.3 is 14.7 Å². The lowest BCUT2D eigenvalue weighted by Crippen LogP contribution is -2.37. The standard InChI is InChI=1S/C16H29NO3/c1-16(2,3)20-15(19)17-10-9-13(11-17)14(18)12-7-5-4-6-8-12/h12-14,18H,4-11H2,1-3H3/t13?,14-/m0/s1. The van der Waals surface area contributed by atoms with Gasteiger partial charge in [-0.15, -0.1) is 0 Å². The number of hydrogen-bond acceptors (Lipinski definition) is 3. The van der Waals surface area contributed by atoms with E-state index in [4.69, 9.17) is 4.74 Å². The SMILES string of the molecule is CC(C)(C)OC(=O)N1CCC([C@@H](O)C2CCCCC2)C1. The maximum Gasteiger partial charge on any atom is 0.410 e. The van der Waals surface area contributed by atoms with Crippen molar-refractivity contribution >= 4 is 6.09 Å². The molecule has 4 heteroatoms. The molecule has 2 fully saturated rings. The Bertz CT molecular complexity index is 331. The highest BCUT2D eigenvalue weighted by atomic mass is 16.6. The normalized spacial score (nSPS) is 26.6. The Morgan fingerprint density at radius 2 is 1.80 bits per heavy atom. The summed E-state index contributed by atoms with van der Waals surface area (Å²) in [5, 5.41) is 10.5. The molecule has 0 radical (unpaired) electrons. The molecule has 0 spiro atoms. The fraction of sp³-hybridized carbons (Fsp3) is 0.938. The van der Waals surface area contributed by atoms with E-state index in [1.165, 1.54) is 19.3 Å². The molecule has 1 aliphatic carbocycles. The topological polar surface area (TPSA) is 49.8 Å². The van der Waals surface area contributed by atoms with Gasteiger partial charge in [0.15, 0.2) is 0 Å². The van der Waals surface area contributed by atoms with Crippen molar-refractivity contribution in [3.8, 4) is 0 Å². The number of ether oxygens (including phenoxy) is 1. The van der Waals surface area contributed by atoms with E-state index in [-0.39, 0.29) is 18.1 Å². The number of amides is 1. The molecule has 0 aromatic rings. The molecule has 0 aromatic heterocycles. The van der Waals surface area contributed by atoms with E-state index in [2.05, 4.69) is 0 Å². The van der Waals surface area contributed by atoms with Crippen molar-refractivity contribution in [3.63, 3.8) is 0 Å². The monoisotopic (exact) mass is 283 g/mol. The Kier molecular flexibility index (Phi) is 4.95. The van der Waals surface area contributed by atoms with E-state index >= 15 is 0 Å². The summed E-state index contributed by atoms with van der Waals surface area (Å²) >= 11 is 0. The first-order chi connectivity index (χ1) is 9.37. The minimum Gasteiger partial charge on any atom is -0.444 e. The van der Waals surface area contributed by atoms with Crippen LogP contribution in [0, 0.1) is 11.8 Å². The van der Waals surface area contributed by atoms with Gasteiger partial charge >= 0.3 is 6.09 Å². The van der Waals surface area contributed by atoms with Gasteiger partial charge in [-0.05, 0) is 46.0 Å². The first kappa shape index (κ1) is 15.6. The summed E-state index contributed by atoms with van der Waals surface area (Å²) in [7, 11) is 0. The molecule has 116 valence electrons. The molecule has 1 aliphatic heterocycles. The number of rotatable bonds is 2. The number of likely N-dealkylation sites (tertiary alicyclic amines) is 1. The van der Waals surface area contributed by atoms with Crippen molar-refractivity contribution in [2.75, 3.05) is 13.1 Å². The van der Waals surface area contributed by atoms with Gasteiger partial charge in [0.05, 0.1) is 6.10 Å². The van der Waals surface area contributed by atoms with Crippen LogP contribution in [-0.4, -0.2) is 40.9 Å². The summed E-state index contributed by atoms with van der Waals surface area (Å²) in [6.45, 7) is 7.01. The average Bonchev–Trinajstić information content (AvgIpc) is 2.86. The van der Waals surface area contributed by atoms with Crippen LogP contribution in [0.3, 0.4) is 0 Å². The van der Waals surface area contributed by atoms with Crippen LogP contribution < -0.4 is 0 Å². The quantitative estimate of drug-likeness (QED) is 0.846. The van der Waals surface area contributed by atoms with Gasteiger partial charge in [0.2, 0.25) is 0 Å². The van der Waals surface area contributed by atoms with Crippen LogP contribution in [0.4, 0.5) is 4.79 Å². The van der Waals surface area contributed by atoms with Gasteiger partial charge in [-0.1, -0.05) is 19.3 Å². The van der Waals surface area contributed by atoms with E-state index in [0.29, 0.717) is 19.0 Å². The Balaban J connectivity index is 1.83. The molecule has 20 heavy (non-hydrogen) atoms. The van der Waals surface area contributed by atoms with Crippen LogP contribution >= 0.6 is 0 Å². The van der Waals surface area contributed by atoms with E-state index in [1.54, 1.807) is 4.90 Å². The predicted octanol–water partition coefficient (Wildman–Crippen LogP) is 3.18. The zero-order chi connectivity index (χ0) is 14.8. The van der Waals surface area contributed by atoms with Gasteiger partial charge in [0.1, 0.15) is 5.60 Å². The molecular formula is C16H29NO3. The Hall–Kier alpha value is -0.770. The van der Waals surface area contributed by atoms with Crippen molar-refractivity contribution in [3.05, 3.63) is 0 Å². The summed E-state index contributed by atoms with van der Waals surface area (Å²) in [5.41, 5.74) is -0.447. The summed E-state index contributed by atoms with van der Waals surface area (Å²) in [6, 6.07) is 0. The fourth-order valence-electron chi connectivity index (χ4n) is 3.42. The fourth-order valence-corrected chi connectivity index (χ4v) is 3.42. The molecular weight excluding hydrogens is 254 g/mol. The van der Waals surface area contributed by atoms with Crippen LogP contribution in [0.15, 0.2) is 0 Å². The van der Waals surface area contributed by atoms with Gasteiger partial charge in [0.25, 0.3) is 0 Å². The molecule has 1 saturated heterocycles. The molecule has 2 atom stereocenters. The first-order valence-corrected chi connectivity index (χ1v) is 8.03. The van der Waals surface area contributed by atoms with Gasteiger partial charge in [-0.3, -0.25) is 0 Å². The smallest absolute Gasteiger partial charge is 0.410 e. The third-order valence-corrected chi connectivity index (χ3v) is 4.49. The lowest BCUT2D eigenvalue weighted by atomic mass is 9.80. The third-order valence-electron chi connectivity index (χ3n) is 4.49. The molecule has 1 amide bonds. The number of aliphatic hydroxyl groups excluding tert-OH is 1. The van der Waals surface area contributed by atoms with Crippen LogP contribution in [0.2, 0.25) is 0 Å². The molecule has 1 heterocycles. The molecule has 2 aliphatic rings. The lowest BCUT2D eigenvalue weighted by molar-refractivity contribution is 0.0194. The minimum atomic E-state index is -0.447. The average molecular weight is 283 g/mol. The van der Waals surface area contributed by atoms with Gasteiger partial charge in [-0.25, -0.2) is 4.79 Å². The Morgan fingerprint density at radius 3 is 2.40 bits per heavy atom. The van der Waals surface area contributed by atoms with E-state index in [0.717, 1.165) is 19.3 Å². The van der Waals surface area contributed by atoms with Crippen molar-refractivity contribution in [1.29, 1.82) is 0 Å². The largest absolute Gasteiger partial charge is 0.444 e. The van der Waals surface area contributed by atoms with Crippen LogP contribution in [0.25, 0.3) is 0 Å². The third kappa shape index (κ3) is 4.11. The highest BCUT2D eigenvalue weighted by Crippen LogP contribution is 2.33. The lowest BCUT2D eigenvalue weighted by Gasteiger charge is -2.30. The molecule has 2 rings (SSSR count). The Labute approximate surface area is 122 Å². The number of carbonyl (C=O) groups excluding carboxylic acids is 1. The molecule has 0 aromatic carbocycles. The highest BCUT2D eigenvalue weighted by molar-refractivity contribution is 5.68. The number of carbonyl (C=O) groups is 1. The predicted molar refractivity (Wildman–Crippen MR) is 78.5 cm³/mol. The van der Waals surface area contributed by atoms with Gasteiger partial charge in [0, 0.05) is 19.0 Å². The van der Waals surface area contributed by atoms with Crippen molar-refractivity contribution in [2.24, 2.45) is 11.8 Å². The molecule has 1 saturated carbocycles. The maximum atomic E-state index is 12.0. The second-order valence-electron chi connectivity index (χ2n) is 7.36. The highest BCUT2D eigenvalue weighted by Gasteiger charge is 2.36. The van der Waals surface area contributed by atoms with Crippen molar-refractivity contribution < 1.29 is 14.6 Å². The minimum absolute atomic E-state index is 0.227. The molecule has 4 nitrogen and oxygen atoms in total. The second-order valence-corrected chi connectivity index (χ2v) is 7.36. The van der Waals surface area contributed by atoms with Crippen LogP contribution in [0.1, 0.15) is 59.3 Å². The maximum absolute atomic E-state index is 12.0. The summed E-state index contributed by atoms with van der Waals surface area (Å²) in [6.07, 6.45) is 6.48.